The van der Waals surface area contributed by atoms with Gasteiger partial charge in [0.05, 0.1) is 6.54 Å². The lowest BCUT2D eigenvalue weighted by atomic mass is 10.3. The Bertz CT molecular complexity index is 639. The van der Waals surface area contributed by atoms with Crippen LogP contribution in [0.15, 0.2) is 12.3 Å². The number of aryl methyl sites for hydroxylation is 1. The molecule has 1 amide bonds. The lowest BCUT2D eigenvalue weighted by Gasteiger charge is -2.14. The van der Waals surface area contributed by atoms with Crippen molar-refractivity contribution < 1.29 is 23.1 Å². The molecule has 0 fully saturated rings. The molecule has 2 N–H and O–H groups in total. The molecule has 7 nitrogen and oxygen atoms in total. The van der Waals surface area contributed by atoms with Crippen LogP contribution in [0.4, 0.5) is 13.2 Å². The minimum absolute atomic E-state index is 0.159. The average molecular weight is 289 g/mol. The third-order valence-electron chi connectivity index (χ3n) is 2.47. The van der Waals surface area contributed by atoms with Crippen LogP contribution < -0.4 is 5.32 Å². The van der Waals surface area contributed by atoms with Gasteiger partial charge in [0.15, 0.2) is 6.10 Å². The minimum atomic E-state index is -4.79. The lowest BCUT2D eigenvalue weighted by Crippen LogP contribution is -2.41. The Morgan fingerprint density at radius 3 is 2.85 bits per heavy atom. The van der Waals surface area contributed by atoms with Crippen LogP contribution in [0.1, 0.15) is 16.3 Å². The lowest BCUT2D eigenvalue weighted by molar-refractivity contribution is -0.201. The number of nitrogens with one attached hydrogen (secondary N) is 1. The Kier molecular flexibility index (Phi) is 3.57. The molecule has 2 heterocycles. The summed E-state index contributed by atoms with van der Waals surface area (Å²) in [5.74, 6) is -1.08. The molecule has 1 unspecified atom stereocenters. The summed E-state index contributed by atoms with van der Waals surface area (Å²) in [6.45, 7) is 0.739. The molecule has 2 aromatic heterocycles. The van der Waals surface area contributed by atoms with E-state index in [-0.39, 0.29) is 11.6 Å². The van der Waals surface area contributed by atoms with Gasteiger partial charge in [-0.25, -0.2) is 9.50 Å². The smallest absolute Gasteiger partial charge is 0.382 e. The van der Waals surface area contributed by atoms with Crippen molar-refractivity contribution in [2.24, 2.45) is 0 Å². The molecule has 0 saturated heterocycles. The van der Waals surface area contributed by atoms with Crippen molar-refractivity contribution in [3.8, 4) is 0 Å². The number of hydrogen-bond donors (Lipinski definition) is 2. The topological polar surface area (TPSA) is 92.4 Å². The molecule has 0 saturated carbocycles. The molecule has 1 atom stereocenters. The number of carbonyl (C=O) groups is 1. The van der Waals surface area contributed by atoms with Gasteiger partial charge >= 0.3 is 6.18 Å². The van der Waals surface area contributed by atoms with Gasteiger partial charge in [-0.1, -0.05) is 0 Å². The van der Waals surface area contributed by atoms with E-state index in [0.717, 1.165) is 0 Å². The first kappa shape index (κ1) is 14.2. The molecule has 2 rings (SSSR count). The van der Waals surface area contributed by atoms with Crippen LogP contribution in [0.5, 0.6) is 0 Å². The normalized spacial score (nSPS) is 13.4. The first-order valence-electron chi connectivity index (χ1n) is 5.50. The Morgan fingerprint density at radius 2 is 2.25 bits per heavy atom. The van der Waals surface area contributed by atoms with Crippen molar-refractivity contribution in [1.29, 1.82) is 0 Å². The second kappa shape index (κ2) is 5.04. The maximum absolute atomic E-state index is 12.1. The van der Waals surface area contributed by atoms with E-state index >= 15 is 0 Å². The summed E-state index contributed by atoms with van der Waals surface area (Å²) in [6, 6.07) is 1.64. The quantitative estimate of drug-likeness (QED) is 0.835. The van der Waals surface area contributed by atoms with Crippen molar-refractivity contribution in [2.75, 3.05) is 6.54 Å². The number of amides is 1. The van der Waals surface area contributed by atoms with E-state index in [9.17, 15) is 18.0 Å². The summed E-state index contributed by atoms with van der Waals surface area (Å²) in [5, 5.41) is 14.5. The van der Waals surface area contributed by atoms with Crippen LogP contribution in [0.3, 0.4) is 0 Å². The third kappa shape index (κ3) is 2.85. The zero-order valence-electron chi connectivity index (χ0n) is 10.2. The van der Waals surface area contributed by atoms with Gasteiger partial charge < -0.3 is 10.4 Å². The largest absolute Gasteiger partial charge is 0.416 e. The highest BCUT2D eigenvalue weighted by molar-refractivity contribution is 5.90. The third-order valence-corrected chi connectivity index (χ3v) is 2.47. The van der Waals surface area contributed by atoms with Crippen LogP contribution in [0.2, 0.25) is 0 Å². The van der Waals surface area contributed by atoms with Crippen LogP contribution in [0.25, 0.3) is 5.78 Å². The number of aliphatic hydroxyl groups excluding tert-OH is 1. The standard InChI is InChI=1S/C10H10F3N5O2/c1-5-2-3-14-9-16-7(17-18(5)9)8(20)15-4-6(19)10(11,12)13/h2-3,6,19H,4H2,1H3,(H,15,20). The molecule has 10 heteroatoms. The van der Waals surface area contributed by atoms with Gasteiger partial charge in [-0.05, 0) is 13.0 Å². The second-order valence-corrected chi connectivity index (χ2v) is 4.00. The van der Waals surface area contributed by atoms with Gasteiger partial charge in [-0.2, -0.15) is 18.2 Å². The van der Waals surface area contributed by atoms with Gasteiger partial charge in [0.1, 0.15) is 0 Å². The van der Waals surface area contributed by atoms with Crippen LogP contribution in [0, 0.1) is 6.92 Å². The predicted molar refractivity (Wildman–Crippen MR) is 59.9 cm³/mol. The molecule has 0 aromatic carbocycles. The summed E-state index contributed by atoms with van der Waals surface area (Å²) in [7, 11) is 0. The fraction of sp³-hybridized carbons (Fsp3) is 0.400. The summed E-state index contributed by atoms with van der Waals surface area (Å²) < 4.78 is 37.5. The molecule has 20 heavy (non-hydrogen) atoms. The fourth-order valence-corrected chi connectivity index (χ4v) is 1.39. The van der Waals surface area contributed by atoms with Crippen molar-refractivity contribution in [3.05, 3.63) is 23.8 Å². The number of aromatic nitrogens is 4. The van der Waals surface area contributed by atoms with Crippen LogP contribution in [-0.4, -0.2) is 49.4 Å². The van der Waals surface area contributed by atoms with Gasteiger partial charge in [0.25, 0.3) is 11.7 Å². The van der Waals surface area contributed by atoms with Crippen molar-refractivity contribution in [3.63, 3.8) is 0 Å². The van der Waals surface area contributed by atoms with E-state index in [1.807, 2.05) is 5.32 Å². The van der Waals surface area contributed by atoms with Gasteiger partial charge in [0, 0.05) is 11.9 Å². The van der Waals surface area contributed by atoms with Crippen molar-refractivity contribution in [1.82, 2.24) is 24.9 Å². The first-order chi connectivity index (χ1) is 9.29. The SMILES string of the molecule is Cc1ccnc2nc(C(=O)NCC(O)C(F)(F)F)nn12. The first-order valence-corrected chi connectivity index (χ1v) is 5.50. The molecule has 0 aliphatic rings. The highest BCUT2D eigenvalue weighted by Crippen LogP contribution is 2.19. The Labute approximate surface area is 110 Å². The number of hydrogen-bond acceptors (Lipinski definition) is 5. The fourth-order valence-electron chi connectivity index (χ4n) is 1.39. The van der Waals surface area contributed by atoms with E-state index in [1.54, 1.807) is 13.0 Å². The molecule has 0 aliphatic carbocycles. The molecule has 2 aromatic rings. The molecule has 0 aliphatic heterocycles. The van der Waals surface area contributed by atoms with E-state index in [2.05, 4.69) is 15.1 Å². The summed E-state index contributed by atoms with van der Waals surface area (Å²) in [4.78, 5) is 19.2. The molecular weight excluding hydrogens is 279 g/mol. The monoisotopic (exact) mass is 289 g/mol. The highest BCUT2D eigenvalue weighted by Gasteiger charge is 2.38. The highest BCUT2D eigenvalue weighted by atomic mass is 19.4. The van der Waals surface area contributed by atoms with Crippen molar-refractivity contribution in [2.45, 2.75) is 19.2 Å². The summed E-state index contributed by atoms with van der Waals surface area (Å²) in [5.41, 5.74) is 0.664. The Hall–Kier alpha value is -2.23. The minimum Gasteiger partial charge on any atom is -0.382 e. The molecule has 0 radical (unpaired) electrons. The Morgan fingerprint density at radius 1 is 1.55 bits per heavy atom. The van der Waals surface area contributed by atoms with E-state index < -0.39 is 24.7 Å². The van der Waals surface area contributed by atoms with Crippen LogP contribution in [-0.2, 0) is 0 Å². The number of fused-ring (bicyclic) bond motifs is 1. The molecule has 0 spiro atoms. The van der Waals surface area contributed by atoms with E-state index in [4.69, 9.17) is 5.11 Å². The number of carbonyl (C=O) groups excluding carboxylic acids is 1. The van der Waals surface area contributed by atoms with Gasteiger partial charge in [-0.15, -0.1) is 5.10 Å². The molecule has 0 bridgehead atoms. The predicted octanol–water partition coefficient (Wildman–Crippen LogP) is 0.0857. The number of halogens is 3. The zero-order valence-corrected chi connectivity index (χ0v) is 10.2. The van der Waals surface area contributed by atoms with Crippen molar-refractivity contribution >= 4 is 11.7 Å². The number of alkyl halides is 3. The molecular formula is C10H10F3N5O2. The van der Waals surface area contributed by atoms with E-state index in [1.165, 1.54) is 10.7 Å². The van der Waals surface area contributed by atoms with Gasteiger partial charge in [0.2, 0.25) is 5.82 Å². The second-order valence-electron chi connectivity index (χ2n) is 4.00. The number of nitrogens with zero attached hydrogens (tertiary/aromatic N) is 4. The maximum Gasteiger partial charge on any atom is 0.416 e. The summed E-state index contributed by atoms with van der Waals surface area (Å²) >= 11 is 0. The maximum atomic E-state index is 12.1. The van der Waals surface area contributed by atoms with Crippen LogP contribution >= 0.6 is 0 Å². The van der Waals surface area contributed by atoms with Gasteiger partial charge in [-0.3, -0.25) is 4.79 Å². The van der Waals surface area contributed by atoms with E-state index in [0.29, 0.717) is 5.69 Å². The molecule has 108 valence electrons. The average Bonchev–Trinajstić information content (AvgIpc) is 2.79. The Balaban J connectivity index is 2.10. The number of aliphatic hydroxyl groups is 1. The summed E-state index contributed by atoms with van der Waals surface area (Å²) in [6.07, 6.45) is -5.96. The zero-order chi connectivity index (χ0) is 14.9. The number of rotatable bonds is 3.